The number of halogens is 2. The molecule has 0 unspecified atom stereocenters. The van der Waals surface area contributed by atoms with E-state index in [4.69, 9.17) is 32.4 Å². The molecule has 0 atom stereocenters. The molecule has 1 amide bonds. The highest BCUT2D eigenvalue weighted by atomic mass is 35.5. The van der Waals surface area contributed by atoms with Gasteiger partial charge in [0.2, 0.25) is 10.0 Å². The Balaban J connectivity index is 1.58. The Kier molecular flexibility index (Phi) is 9.53. The van der Waals surface area contributed by atoms with Crippen molar-refractivity contribution in [2.24, 2.45) is 0 Å². The molecule has 0 fully saturated rings. The predicted molar refractivity (Wildman–Crippen MR) is 158 cm³/mol. The number of amides is 1. The number of nitriles is 1. The van der Waals surface area contributed by atoms with E-state index in [1.807, 2.05) is 13.0 Å². The number of nitrogens with one attached hydrogen (secondary N) is 1. The van der Waals surface area contributed by atoms with Crippen LogP contribution >= 0.6 is 23.2 Å². The molecular weight excluding hydrogens is 585 g/mol. The minimum atomic E-state index is -3.95. The molecular formula is C30H25Cl2N3O5S. The van der Waals surface area contributed by atoms with Crippen LogP contribution in [0.15, 0.2) is 93.7 Å². The number of hydrogen-bond acceptors (Lipinski definition) is 6. The molecule has 0 saturated heterocycles. The number of ether oxygens (including phenoxy) is 1. The van der Waals surface area contributed by atoms with Gasteiger partial charge in [-0.05, 0) is 73.2 Å². The lowest BCUT2D eigenvalue weighted by atomic mass is 10.2. The summed E-state index contributed by atoms with van der Waals surface area (Å²) in [7, 11) is -2.42. The van der Waals surface area contributed by atoms with Gasteiger partial charge in [-0.25, -0.2) is 8.42 Å². The second-order valence-corrected chi connectivity index (χ2v) is 11.7. The van der Waals surface area contributed by atoms with E-state index in [-0.39, 0.29) is 29.3 Å². The van der Waals surface area contributed by atoms with Crippen LogP contribution < -0.4 is 10.1 Å². The van der Waals surface area contributed by atoms with Gasteiger partial charge < -0.3 is 14.5 Å². The minimum Gasteiger partial charge on any atom is -0.497 e. The van der Waals surface area contributed by atoms with Gasteiger partial charge in [0.25, 0.3) is 5.91 Å². The summed E-state index contributed by atoms with van der Waals surface area (Å²) in [5, 5.41) is 12.9. The SMILES string of the molecule is COc1ccc(NC(=O)/C(C#N)=C\c2ccc(CN(Cc3ccc(Cl)c(Cl)c3)S(=O)(=O)c3ccc(C)cc3)o2)cc1. The Morgan fingerprint density at radius 1 is 1.00 bits per heavy atom. The Bertz CT molecular complexity index is 1730. The maximum atomic E-state index is 13.6. The maximum absolute atomic E-state index is 13.6. The van der Waals surface area contributed by atoms with Crippen molar-refractivity contribution in [3.05, 3.63) is 117 Å². The monoisotopic (exact) mass is 609 g/mol. The summed E-state index contributed by atoms with van der Waals surface area (Å²) in [5.74, 6) is 0.516. The highest BCUT2D eigenvalue weighted by Gasteiger charge is 2.26. The summed E-state index contributed by atoms with van der Waals surface area (Å²) >= 11 is 12.2. The lowest BCUT2D eigenvalue weighted by Gasteiger charge is -2.22. The van der Waals surface area contributed by atoms with Crippen LogP contribution in [0.25, 0.3) is 6.08 Å². The third-order valence-electron chi connectivity index (χ3n) is 6.02. The molecule has 4 rings (SSSR count). The van der Waals surface area contributed by atoms with Gasteiger partial charge >= 0.3 is 0 Å². The van der Waals surface area contributed by atoms with Crippen molar-refractivity contribution in [2.75, 3.05) is 12.4 Å². The van der Waals surface area contributed by atoms with Crippen molar-refractivity contribution in [1.29, 1.82) is 5.26 Å². The van der Waals surface area contributed by atoms with Gasteiger partial charge in [-0.1, -0.05) is 47.0 Å². The first-order valence-electron chi connectivity index (χ1n) is 12.3. The molecule has 0 aliphatic rings. The number of hydrogen-bond donors (Lipinski definition) is 1. The summed E-state index contributed by atoms with van der Waals surface area (Å²) in [6.07, 6.45) is 1.29. The van der Waals surface area contributed by atoms with E-state index in [1.54, 1.807) is 78.9 Å². The molecule has 0 radical (unpaired) electrons. The third kappa shape index (κ3) is 7.57. The Morgan fingerprint density at radius 3 is 2.34 bits per heavy atom. The molecule has 8 nitrogen and oxygen atoms in total. The molecule has 1 N–H and O–H groups in total. The van der Waals surface area contributed by atoms with E-state index >= 15 is 0 Å². The van der Waals surface area contributed by atoms with Crippen LogP contribution in [0.1, 0.15) is 22.6 Å². The zero-order valence-corrected chi connectivity index (χ0v) is 24.4. The van der Waals surface area contributed by atoms with E-state index in [1.165, 1.54) is 17.5 Å². The first-order valence-corrected chi connectivity index (χ1v) is 14.5. The Labute approximate surface area is 248 Å². The van der Waals surface area contributed by atoms with Gasteiger partial charge in [0.05, 0.1) is 28.6 Å². The summed E-state index contributed by atoms with van der Waals surface area (Å²) < 4.78 is 39.5. The molecule has 3 aromatic carbocycles. The molecule has 0 aliphatic carbocycles. The summed E-state index contributed by atoms with van der Waals surface area (Å²) in [6.45, 7) is 1.74. The van der Waals surface area contributed by atoms with Crippen LogP contribution in [-0.2, 0) is 27.9 Å². The standard InChI is InChI=1S/C30H25Cl2N3O5S/c1-20-3-12-27(13-4-20)41(37,38)35(18-21-5-14-28(31)29(32)15-21)19-26-11-10-25(40-26)16-22(17-33)30(36)34-23-6-8-24(39-2)9-7-23/h3-16H,18-19H2,1-2H3,(H,34,36)/b22-16-. The van der Waals surface area contributed by atoms with E-state index in [0.717, 1.165) is 5.56 Å². The van der Waals surface area contributed by atoms with Crippen molar-refractivity contribution < 1.29 is 22.4 Å². The first kappa shape index (κ1) is 29.9. The van der Waals surface area contributed by atoms with Gasteiger partial charge in [0.15, 0.2) is 0 Å². The van der Waals surface area contributed by atoms with Gasteiger partial charge in [-0.2, -0.15) is 9.57 Å². The molecule has 0 spiro atoms. The summed E-state index contributed by atoms with van der Waals surface area (Å²) in [4.78, 5) is 12.8. The molecule has 210 valence electrons. The quantitative estimate of drug-likeness (QED) is 0.155. The van der Waals surface area contributed by atoms with Crippen molar-refractivity contribution in [2.45, 2.75) is 24.9 Å². The molecule has 1 aromatic heterocycles. The number of carbonyl (C=O) groups excluding carboxylic acids is 1. The lowest BCUT2D eigenvalue weighted by molar-refractivity contribution is -0.112. The topological polar surface area (TPSA) is 113 Å². The predicted octanol–water partition coefficient (Wildman–Crippen LogP) is 6.84. The molecule has 11 heteroatoms. The number of methoxy groups -OCH3 is 1. The van der Waals surface area contributed by atoms with Gasteiger partial charge in [-0.3, -0.25) is 4.79 Å². The van der Waals surface area contributed by atoms with E-state index in [9.17, 15) is 18.5 Å². The normalized spacial score (nSPS) is 11.8. The van der Waals surface area contributed by atoms with Crippen molar-refractivity contribution in [3.8, 4) is 11.8 Å². The Morgan fingerprint density at radius 2 is 1.71 bits per heavy atom. The maximum Gasteiger partial charge on any atom is 0.266 e. The fourth-order valence-corrected chi connectivity index (χ4v) is 5.54. The summed E-state index contributed by atoms with van der Waals surface area (Å²) in [5.41, 5.74) is 1.84. The van der Waals surface area contributed by atoms with E-state index in [0.29, 0.717) is 32.8 Å². The van der Waals surface area contributed by atoms with Crippen LogP contribution in [-0.4, -0.2) is 25.7 Å². The van der Waals surface area contributed by atoms with E-state index < -0.39 is 15.9 Å². The summed E-state index contributed by atoms with van der Waals surface area (Å²) in [6, 6.07) is 23.1. The average Bonchev–Trinajstić information content (AvgIpc) is 3.40. The van der Waals surface area contributed by atoms with Gasteiger partial charge in [0.1, 0.15) is 28.9 Å². The molecule has 0 bridgehead atoms. The minimum absolute atomic E-state index is 0.00726. The van der Waals surface area contributed by atoms with Crippen molar-refractivity contribution in [1.82, 2.24) is 4.31 Å². The number of carbonyl (C=O) groups is 1. The smallest absolute Gasteiger partial charge is 0.266 e. The molecule has 41 heavy (non-hydrogen) atoms. The average molecular weight is 611 g/mol. The molecule has 0 saturated carbocycles. The second kappa shape index (κ2) is 13.1. The molecule has 1 heterocycles. The van der Waals surface area contributed by atoms with Crippen LogP contribution in [0.2, 0.25) is 10.0 Å². The van der Waals surface area contributed by atoms with Gasteiger partial charge in [0, 0.05) is 18.3 Å². The number of furan rings is 1. The highest BCUT2D eigenvalue weighted by Crippen LogP contribution is 2.27. The largest absolute Gasteiger partial charge is 0.497 e. The lowest BCUT2D eigenvalue weighted by Crippen LogP contribution is -2.30. The van der Waals surface area contributed by atoms with Crippen LogP contribution in [0.5, 0.6) is 5.75 Å². The van der Waals surface area contributed by atoms with Crippen molar-refractivity contribution >= 4 is 50.9 Å². The van der Waals surface area contributed by atoms with Crippen LogP contribution in [0.3, 0.4) is 0 Å². The fraction of sp³-hybridized carbons (Fsp3) is 0.133. The number of rotatable bonds is 10. The number of nitrogens with zero attached hydrogens (tertiary/aromatic N) is 2. The fourth-order valence-electron chi connectivity index (χ4n) is 3.82. The second-order valence-electron chi connectivity index (χ2n) is 8.99. The number of anilines is 1. The van der Waals surface area contributed by atoms with Crippen molar-refractivity contribution in [3.63, 3.8) is 0 Å². The zero-order valence-electron chi connectivity index (χ0n) is 22.1. The van der Waals surface area contributed by atoms with Crippen LogP contribution in [0, 0.1) is 18.3 Å². The Hall–Kier alpha value is -4.07. The van der Waals surface area contributed by atoms with Crippen LogP contribution in [0.4, 0.5) is 5.69 Å². The first-order chi connectivity index (χ1) is 19.6. The number of benzene rings is 3. The number of aryl methyl sites for hydroxylation is 1. The van der Waals surface area contributed by atoms with E-state index in [2.05, 4.69) is 5.32 Å². The highest BCUT2D eigenvalue weighted by molar-refractivity contribution is 7.89. The number of sulfonamides is 1. The zero-order chi connectivity index (χ0) is 29.6. The molecule has 0 aliphatic heterocycles. The molecule has 4 aromatic rings. The third-order valence-corrected chi connectivity index (χ3v) is 8.56. The van der Waals surface area contributed by atoms with Gasteiger partial charge in [-0.15, -0.1) is 0 Å².